The summed E-state index contributed by atoms with van der Waals surface area (Å²) in [5.41, 5.74) is 3.41. The van der Waals surface area contributed by atoms with Gasteiger partial charge in [-0.1, -0.05) is 19.9 Å². The Balaban J connectivity index is 2.80. The van der Waals surface area contributed by atoms with Crippen molar-refractivity contribution in [3.05, 3.63) is 33.9 Å². The highest BCUT2D eigenvalue weighted by atomic mass is 35.5. The minimum absolute atomic E-state index is 0.115. The predicted molar refractivity (Wildman–Crippen MR) is 67.9 cm³/mol. The van der Waals surface area contributed by atoms with Gasteiger partial charge in [0.2, 0.25) is 0 Å². The van der Waals surface area contributed by atoms with Crippen molar-refractivity contribution >= 4 is 22.6 Å². The van der Waals surface area contributed by atoms with Crippen LogP contribution >= 0.6 is 11.6 Å². The lowest BCUT2D eigenvalue weighted by molar-refractivity contribution is 0.0862. The van der Waals surface area contributed by atoms with E-state index in [-0.39, 0.29) is 5.78 Å². The lowest BCUT2D eigenvalue weighted by Crippen LogP contribution is -2.19. The highest BCUT2D eigenvalue weighted by molar-refractivity contribution is 6.68. The lowest BCUT2D eigenvalue weighted by Gasteiger charge is -2.13. The van der Waals surface area contributed by atoms with Crippen LogP contribution in [0.5, 0.6) is 0 Å². The standard InChI is InChI=1S/C14H15ClO2/c1-7-5-8(2)11(13(15)17)9-6-14(3,4)12(16)10(7)9/h5H,6H2,1-4H3. The number of Topliss-reactive ketones (excluding diaryl/α,β-unsaturated/α-hetero) is 1. The fourth-order valence-corrected chi connectivity index (χ4v) is 2.96. The van der Waals surface area contributed by atoms with Gasteiger partial charge in [0.15, 0.2) is 5.78 Å². The van der Waals surface area contributed by atoms with E-state index < -0.39 is 10.7 Å². The van der Waals surface area contributed by atoms with Crippen LogP contribution in [0.25, 0.3) is 0 Å². The topological polar surface area (TPSA) is 34.1 Å². The molecule has 0 radical (unpaired) electrons. The van der Waals surface area contributed by atoms with E-state index in [0.717, 1.165) is 16.7 Å². The molecule has 2 rings (SSSR count). The molecule has 0 saturated heterocycles. The average Bonchev–Trinajstić information content (AvgIpc) is 2.36. The molecule has 1 aliphatic carbocycles. The summed E-state index contributed by atoms with van der Waals surface area (Å²) in [4.78, 5) is 23.8. The van der Waals surface area contributed by atoms with Gasteiger partial charge in [-0.25, -0.2) is 0 Å². The number of hydrogen-bond donors (Lipinski definition) is 0. The molecule has 0 aromatic heterocycles. The molecule has 0 aliphatic heterocycles. The zero-order valence-corrected chi connectivity index (χ0v) is 11.2. The van der Waals surface area contributed by atoms with Crippen molar-refractivity contribution in [1.82, 2.24) is 0 Å². The first-order chi connectivity index (χ1) is 7.75. The minimum Gasteiger partial charge on any atom is -0.294 e. The molecular formula is C14H15ClO2. The van der Waals surface area contributed by atoms with Crippen LogP contribution in [0.4, 0.5) is 0 Å². The number of carbonyl (C=O) groups excluding carboxylic acids is 2. The van der Waals surface area contributed by atoms with Crippen LogP contribution < -0.4 is 0 Å². The highest BCUT2D eigenvalue weighted by Crippen LogP contribution is 2.40. The Morgan fingerprint density at radius 2 is 1.88 bits per heavy atom. The number of aryl methyl sites for hydroxylation is 2. The second-order valence-electron chi connectivity index (χ2n) is 5.40. The zero-order valence-electron chi connectivity index (χ0n) is 10.5. The number of carbonyl (C=O) groups is 2. The van der Waals surface area contributed by atoms with E-state index in [1.54, 1.807) is 0 Å². The van der Waals surface area contributed by atoms with Crippen LogP contribution in [-0.4, -0.2) is 11.0 Å². The number of benzene rings is 1. The molecule has 0 unspecified atom stereocenters. The Hall–Kier alpha value is -1.15. The summed E-state index contributed by atoms with van der Waals surface area (Å²) < 4.78 is 0. The maximum atomic E-state index is 12.3. The van der Waals surface area contributed by atoms with Crippen LogP contribution in [0.1, 0.15) is 51.3 Å². The summed E-state index contributed by atoms with van der Waals surface area (Å²) in [7, 11) is 0. The fraction of sp³-hybridized carbons (Fsp3) is 0.429. The molecule has 0 atom stereocenters. The third kappa shape index (κ3) is 1.71. The molecule has 0 heterocycles. The lowest BCUT2D eigenvalue weighted by atomic mass is 9.88. The zero-order chi connectivity index (χ0) is 13.0. The summed E-state index contributed by atoms with van der Waals surface area (Å²) in [6.07, 6.45) is 0.595. The minimum atomic E-state index is -0.468. The Morgan fingerprint density at radius 3 is 2.41 bits per heavy atom. The van der Waals surface area contributed by atoms with E-state index in [0.29, 0.717) is 17.5 Å². The van der Waals surface area contributed by atoms with Gasteiger partial charge in [-0.05, 0) is 48.6 Å². The van der Waals surface area contributed by atoms with E-state index in [9.17, 15) is 9.59 Å². The molecule has 1 aromatic carbocycles. The van der Waals surface area contributed by atoms with Crippen molar-refractivity contribution < 1.29 is 9.59 Å². The van der Waals surface area contributed by atoms with Crippen molar-refractivity contribution in [1.29, 1.82) is 0 Å². The molecule has 0 N–H and O–H groups in total. The molecule has 90 valence electrons. The van der Waals surface area contributed by atoms with Gasteiger partial charge in [-0.2, -0.15) is 0 Å². The first kappa shape index (κ1) is 12.3. The number of fused-ring (bicyclic) bond motifs is 1. The number of rotatable bonds is 1. The number of ketones is 1. The van der Waals surface area contributed by atoms with Gasteiger partial charge in [-0.15, -0.1) is 0 Å². The Morgan fingerprint density at radius 1 is 1.29 bits per heavy atom. The summed E-state index contributed by atoms with van der Waals surface area (Å²) >= 11 is 5.64. The van der Waals surface area contributed by atoms with E-state index in [4.69, 9.17) is 11.6 Å². The molecule has 3 heteroatoms. The monoisotopic (exact) mass is 250 g/mol. The van der Waals surface area contributed by atoms with Crippen LogP contribution in [0.15, 0.2) is 6.07 Å². The van der Waals surface area contributed by atoms with Gasteiger partial charge in [0.1, 0.15) is 0 Å². The molecule has 1 aromatic rings. The number of hydrogen-bond acceptors (Lipinski definition) is 2. The van der Waals surface area contributed by atoms with Crippen LogP contribution in [0.2, 0.25) is 0 Å². The van der Waals surface area contributed by atoms with E-state index in [2.05, 4.69) is 0 Å². The molecule has 2 nitrogen and oxygen atoms in total. The van der Waals surface area contributed by atoms with Gasteiger partial charge < -0.3 is 0 Å². The molecule has 0 fully saturated rings. The Kier molecular flexibility index (Phi) is 2.66. The number of halogens is 1. The summed E-state index contributed by atoms with van der Waals surface area (Å²) in [5.74, 6) is 0.115. The smallest absolute Gasteiger partial charge is 0.252 e. The van der Waals surface area contributed by atoms with Crippen molar-refractivity contribution in [2.24, 2.45) is 5.41 Å². The highest BCUT2D eigenvalue weighted by Gasteiger charge is 2.40. The third-order valence-electron chi connectivity index (χ3n) is 3.48. The van der Waals surface area contributed by atoms with Crippen LogP contribution in [0, 0.1) is 19.3 Å². The van der Waals surface area contributed by atoms with Crippen molar-refractivity contribution in [2.45, 2.75) is 34.1 Å². The molecule has 0 amide bonds. The molecule has 0 saturated carbocycles. The quantitative estimate of drug-likeness (QED) is 0.716. The van der Waals surface area contributed by atoms with Crippen LogP contribution in [-0.2, 0) is 6.42 Å². The predicted octanol–water partition coefficient (Wildman–Crippen LogP) is 3.45. The average molecular weight is 251 g/mol. The molecule has 1 aliphatic rings. The van der Waals surface area contributed by atoms with Gasteiger partial charge >= 0.3 is 0 Å². The second kappa shape index (κ2) is 3.67. The third-order valence-corrected chi connectivity index (χ3v) is 3.67. The first-order valence-electron chi connectivity index (χ1n) is 5.63. The summed E-state index contributed by atoms with van der Waals surface area (Å²) in [6, 6.07) is 1.87. The fourth-order valence-electron chi connectivity index (χ4n) is 2.70. The van der Waals surface area contributed by atoms with E-state index in [1.165, 1.54) is 0 Å². The van der Waals surface area contributed by atoms with Crippen molar-refractivity contribution in [3.63, 3.8) is 0 Å². The van der Waals surface area contributed by atoms with Crippen molar-refractivity contribution in [3.8, 4) is 0 Å². The van der Waals surface area contributed by atoms with E-state index in [1.807, 2.05) is 33.8 Å². The largest absolute Gasteiger partial charge is 0.294 e. The van der Waals surface area contributed by atoms with E-state index >= 15 is 0 Å². The van der Waals surface area contributed by atoms with Crippen LogP contribution in [0.3, 0.4) is 0 Å². The van der Waals surface area contributed by atoms with Gasteiger partial charge in [0, 0.05) is 16.5 Å². The summed E-state index contributed by atoms with van der Waals surface area (Å²) in [6.45, 7) is 7.59. The summed E-state index contributed by atoms with van der Waals surface area (Å²) in [5, 5.41) is -0.468. The maximum absolute atomic E-state index is 12.3. The van der Waals surface area contributed by atoms with Gasteiger partial charge in [0.25, 0.3) is 5.24 Å². The molecule has 17 heavy (non-hydrogen) atoms. The molecule has 0 spiro atoms. The molecular weight excluding hydrogens is 236 g/mol. The Bertz CT molecular complexity index is 542. The Labute approximate surface area is 106 Å². The van der Waals surface area contributed by atoms with Gasteiger partial charge in [0.05, 0.1) is 0 Å². The molecule has 0 bridgehead atoms. The normalized spacial score (nSPS) is 17.1. The van der Waals surface area contributed by atoms with Gasteiger partial charge in [-0.3, -0.25) is 9.59 Å². The second-order valence-corrected chi connectivity index (χ2v) is 5.75. The SMILES string of the molecule is Cc1cc(C)c2c(c1C(=O)Cl)CC(C)(C)C2=O. The van der Waals surface area contributed by atoms with Crippen molar-refractivity contribution in [2.75, 3.05) is 0 Å². The maximum Gasteiger partial charge on any atom is 0.252 e. The first-order valence-corrected chi connectivity index (χ1v) is 6.01.